The second kappa shape index (κ2) is 4.21. The van der Waals surface area contributed by atoms with E-state index < -0.39 is 4.92 Å². The third-order valence-corrected chi connectivity index (χ3v) is 2.46. The van der Waals surface area contributed by atoms with Crippen molar-refractivity contribution in [3.63, 3.8) is 0 Å². The number of nitrogens with zero attached hydrogens (tertiary/aromatic N) is 1. The van der Waals surface area contributed by atoms with Crippen LogP contribution in [0.1, 0.15) is 17.4 Å². The van der Waals surface area contributed by atoms with Crippen LogP contribution in [0.4, 0.5) is 5.69 Å². The summed E-state index contributed by atoms with van der Waals surface area (Å²) in [7, 11) is 0. The van der Waals surface area contributed by atoms with E-state index in [0.717, 1.165) is 0 Å². The van der Waals surface area contributed by atoms with Gasteiger partial charge in [-0.2, -0.15) is 0 Å². The normalized spacial score (nSPS) is 10.2. The Balaban J connectivity index is 2.52. The lowest BCUT2D eigenvalue weighted by atomic mass is 10.1. The van der Waals surface area contributed by atoms with Crippen molar-refractivity contribution < 1.29 is 9.72 Å². The predicted molar refractivity (Wildman–Crippen MR) is 62.9 cm³/mol. The number of Topliss-reactive ketones (excluding diaryl/α,β-unsaturated/α-hetero) is 1. The number of hydrogen-bond acceptors (Lipinski definition) is 3. The first-order chi connectivity index (χ1) is 8.09. The van der Waals surface area contributed by atoms with Crippen LogP contribution < -0.4 is 0 Å². The largest absolute Gasteiger partial charge is 0.352 e. The van der Waals surface area contributed by atoms with Gasteiger partial charge in [-0.1, -0.05) is 12.1 Å². The van der Waals surface area contributed by atoms with Crippen molar-refractivity contribution in [1.29, 1.82) is 0 Å². The average Bonchev–Trinajstić information content (AvgIpc) is 2.78. The molecule has 0 aliphatic rings. The maximum atomic E-state index is 11.1. The lowest BCUT2D eigenvalue weighted by molar-refractivity contribution is -0.384. The van der Waals surface area contributed by atoms with Gasteiger partial charge in [-0.3, -0.25) is 14.9 Å². The highest BCUT2D eigenvalue weighted by molar-refractivity contribution is 5.93. The van der Waals surface area contributed by atoms with Crippen molar-refractivity contribution in [2.45, 2.75) is 6.92 Å². The minimum absolute atomic E-state index is 0.0180. The van der Waals surface area contributed by atoms with Gasteiger partial charge in [0.1, 0.15) is 0 Å². The highest BCUT2D eigenvalue weighted by Crippen LogP contribution is 2.28. The van der Waals surface area contributed by atoms with Crippen LogP contribution in [0.5, 0.6) is 0 Å². The number of carbonyl (C=O) groups excluding carboxylic acids is 1. The second-order valence-electron chi connectivity index (χ2n) is 3.62. The van der Waals surface area contributed by atoms with Crippen LogP contribution in [0.15, 0.2) is 36.4 Å². The molecule has 0 unspecified atom stereocenters. The van der Waals surface area contributed by atoms with Gasteiger partial charge in [0.25, 0.3) is 5.69 Å². The summed E-state index contributed by atoms with van der Waals surface area (Å²) in [5, 5.41) is 10.9. The molecule has 0 fully saturated rings. The summed E-state index contributed by atoms with van der Waals surface area (Å²) >= 11 is 0. The number of nitro benzene ring substituents is 1. The lowest BCUT2D eigenvalue weighted by Crippen LogP contribution is -1.93. The molecule has 0 saturated carbocycles. The molecule has 0 spiro atoms. The minimum atomic E-state index is -0.441. The molecule has 2 aromatic rings. The van der Waals surface area contributed by atoms with Crippen LogP contribution in [0.2, 0.25) is 0 Å². The first kappa shape index (κ1) is 11.1. The fourth-order valence-electron chi connectivity index (χ4n) is 1.62. The predicted octanol–water partition coefficient (Wildman–Crippen LogP) is 2.79. The molecule has 0 radical (unpaired) electrons. The number of rotatable bonds is 3. The van der Waals surface area contributed by atoms with Crippen molar-refractivity contribution in [2.75, 3.05) is 0 Å². The molecule has 1 heterocycles. The molecule has 1 aromatic heterocycles. The number of ketones is 1. The van der Waals surface area contributed by atoms with Crippen LogP contribution in [-0.2, 0) is 0 Å². The Kier molecular flexibility index (Phi) is 2.74. The maximum Gasteiger partial charge on any atom is 0.278 e. The maximum absolute atomic E-state index is 11.1. The van der Waals surface area contributed by atoms with Gasteiger partial charge < -0.3 is 4.98 Å². The van der Waals surface area contributed by atoms with E-state index in [-0.39, 0.29) is 11.5 Å². The monoisotopic (exact) mass is 230 g/mol. The molecule has 0 aliphatic carbocycles. The van der Waals surface area contributed by atoms with Crippen LogP contribution >= 0.6 is 0 Å². The second-order valence-corrected chi connectivity index (χ2v) is 3.62. The summed E-state index contributed by atoms with van der Waals surface area (Å²) in [5.74, 6) is -0.102. The van der Waals surface area contributed by atoms with Gasteiger partial charge in [0.15, 0.2) is 5.78 Å². The highest BCUT2D eigenvalue weighted by Gasteiger charge is 2.15. The summed E-state index contributed by atoms with van der Waals surface area (Å²) in [6, 6.07) is 9.69. The van der Waals surface area contributed by atoms with Crippen LogP contribution in [0.3, 0.4) is 0 Å². The topological polar surface area (TPSA) is 76.0 Å². The van der Waals surface area contributed by atoms with Gasteiger partial charge in [-0.05, 0) is 18.2 Å². The van der Waals surface area contributed by atoms with E-state index in [1.54, 1.807) is 30.3 Å². The van der Waals surface area contributed by atoms with Crippen molar-refractivity contribution in [3.05, 3.63) is 52.2 Å². The molecule has 0 saturated heterocycles. The Morgan fingerprint density at radius 2 is 1.94 bits per heavy atom. The lowest BCUT2D eigenvalue weighted by Gasteiger charge is -1.99. The number of nitro groups is 1. The van der Waals surface area contributed by atoms with E-state index in [1.807, 2.05) is 0 Å². The van der Waals surface area contributed by atoms with E-state index in [9.17, 15) is 14.9 Å². The number of nitrogens with one attached hydrogen (secondary N) is 1. The van der Waals surface area contributed by atoms with E-state index in [4.69, 9.17) is 0 Å². The van der Waals surface area contributed by atoms with Gasteiger partial charge >= 0.3 is 0 Å². The SMILES string of the molecule is CC(=O)c1ccc(-c2ccccc2[N+](=O)[O-])[nH]1. The molecular weight excluding hydrogens is 220 g/mol. The Labute approximate surface area is 97.2 Å². The summed E-state index contributed by atoms with van der Waals surface area (Å²) in [4.78, 5) is 24.4. The van der Waals surface area contributed by atoms with Gasteiger partial charge in [-0.15, -0.1) is 0 Å². The van der Waals surface area contributed by atoms with E-state index >= 15 is 0 Å². The fourth-order valence-corrected chi connectivity index (χ4v) is 1.62. The summed E-state index contributed by atoms with van der Waals surface area (Å²) in [6.45, 7) is 1.44. The Morgan fingerprint density at radius 3 is 2.53 bits per heavy atom. The summed E-state index contributed by atoms with van der Waals surface area (Å²) in [6.07, 6.45) is 0. The smallest absolute Gasteiger partial charge is 0.278 e. The number of carbonyl (C=O) groups is 1. The van der Waals surface area contributed by atoms with Crippen molar-refractivity contribution in [1.82, 2.24) is 4.98 Å². The van der Waals surface area contributed by atoms with E-state index in [1.165, 1.54) is 13.0 Å². The number of H-pyrrole nitrogens is 1. The summed E-state index contributed by atoms with van der Waals surface area (Å²) in [5.41, 5.74) is 1.51. The third-order valence-electron chi connectivity index (χ3n) is 2.46. The van der Waals surface area contributed by atoms with Crippen molar-refractivity contribution in [3.8, 4) is 11.3 Å². The molecule has 1 N–H and O–H groups in total. The Bertz CT molecular complexity index is 587. The Hall–Kier alpha value is -2.43. The molecule has 0 aliphatic heterocycles. The fraction of sp³-hybridized carbons (Fsp3) is 0.0833. The highest BCUT2D eigenvalue weighted by atomic mass is 16.6. The number of para-hydroxylation sites is 1. The molecular formula is C12H10N2O3. The number of hydrogen-bond donors (Lipinski definition) is 1. The molecule has 0 amide bonds. The van der Waals surface area contributed by atoms with Gasteiger partial charge in [0.05, 0.1) is 21.9 Å². The van der Waals surface area contributed by atoms with Gasteiger partial charge in [-0.25, -0.2) is 0 Å². The zero-order valence-electron chi connectivity index (χ0n) is 9.14. The molecule has 2 rings (SSSR count). The Morgan fingerprint density at radius 1 is 1.24 bits per heavy atom. The third kappa shape index (κ3) is 2.08. The van der Waals surface area contributed by atoms with Crippen molar-refractivity contribution >= 4 is 11.5 Å². The first-order valence-electron chi connectivity index (χ1n) is 5.03. The molecule has 5 nitrogen and oxygen atoms in total. The molecule has 5 heteroatoms. The zero-order valence-corrected chi connectivity index (χ0v) is 9.14. The molecule has 1 aromatic carbocycles. The van der Waals surface area contributed by atoms with E-state index in [2.05, 4.69) is 4.98 Å². The standard InChI is InChI=1S/C12H10N2O3/c1-8(15)10-6-7-11(13-10)9-4-2-3-5-12(9)14(16)17/h2-7,13H,1H3. The molecule has 17 heavy (non-hydrogen) atoms. The van der Waals surface area contributed by atoms with Crippen molar-refractivity contribution in [2.24, 2.45) is 0 Å². The number of benzene rings is 1. The first-order valence-corrected chi connectivity index (χ1v) is 5.03. The zero-order chi connectivity index (χ0) is 12.4. The molecule has 86 valence electrons. The number of aromatic amines is 1. The molecule has 0 atom stereocenters. The van der Waals surface area contributed by atoms with E-state index in [0.29, 0.717) is 17.0 Å². The van der Waals surface area contributed by atoms with Crippen LogP contribution in [0.25, 0.3) is 11.3 Å². The number of aromatic nitrogens is 1. The quantitative estimate of drug-likeness (QED) is 0.500. The minimum Gasteiger partial charge on any atom is -0.352 e. The van der Waals surface area contributed by atoms with Crippen LogP contribution in [-0.4, -0.2) is 15.7 Å². The van der Waals surface area contributed by atoms with Gasteiger partial charge in [0.2, 0.25) is 0 Å². The van der Waals surface area contributed by atoms with Crippen LogP contribution in [0, 0.1) is 10.1 Å². The summed E-state index contributed by atoms with van der Waals surface area (Å²) < 4.78 is 0. The average molecular weight is 230 g/mol. The van der Waals surface area contributed by atoms with Gasteiger partial charge in [0, 0.05) is 13.0 Å². The molecule has 0 bridgehead atoms.